The molecule has 3 nitrogen and oxygen atoms in total. The van der Waals surface area contributed by atoms with E-state index in [2.05, 4.69) is 48.8 Å². The average molecular weight is 357 g/mol. The van der Waals surface area contributed by atoms with E-state index in [1.807, 2.05) is 12.1 Å². The summed E-state index contributed by atoms with van der Waals surface area (Å²) in [5, 5.41) is 0. The maximum absolute atomic E-state index is 6.23. The van der Waals surface area contributed by atoms with Gasteiger partial charge < -0.3 is 14.2 Å². The van der Waals surface area contributed by atoms with Gasteiger partial charge >= 0.3 is 0 Å². The van der Waals surface area contributed by atoms with Crippen molar-refractivity contribution in [3.05, 3.63) is 29.8 Å². The number of ether oxygens (including phenoxy) is 3. The SMILES string of the molecule is COCCOC1C(Br)CC1Oc1ccccc1C(C)(C)C. The first-order valence-corrected chi connectivity index (χ1v) is 8.36. The van der Waals surface area contributed by atoms with Crippen LogP contribution in [0.2, 0.25) is 0 Å². The van der Waals surface area contributed by atoms with Crippen molar-refractivity contribution in [1.29, 1.82) is 0 Å². The number of hydrogen-bond donors (Lipinski definition) is 0. The normalized spacial score (nSPS) is 25.5. The molecule has 1 aromatic carbocycles. The van der Waals surface area contributed by atoms with Crippen LogP contribution in [0.25, 0.3) is 0 Å². The second kappa shape index (κ2) is 7.12. The largest absolute Gasteiger partial charge is 0.487 e. The van der Waals surface area contributed by atoms with Crippen LogP contribution in [0.5, 0.6) is 5.75 Å². The van der Waals surface area contributed by atoms with Crippen LogP contribution < -0.4 is 4.74 Å². The van der Waals surface area contributed by atoms with Gasteiger partial charge in [-0.1, -0.05) is 54.9 Å². The predicted molar refractivity (Wildman–Crippen MR) is 88.5 cm³/mol. The Morgan fingerprint density at radius 3 is 2.52 bits per heavy atom. The Hall–Kier alpha value is -0.580. The zero-order valence-corrected chi connectivity index (χ0v) is 14.9. The van der Waals surface area contributed by atoms with Crippen molar-refractivity contribution in [2.75, 3.05) is 20.3 Å². The molecule has 0 N–H and O–H groups in total. The number of alkyl halides is 1. The lowest BCUT2D eigenvalue weighted by Gasteiger charge is -2.41. The quantitative estimate of drug-likeness (QED) is 0.570. The molecule has 0 radical (unpaired) electrons. The summed E-state index contributed by atoms with van der Waals surface area (Å²) < 4.78 is 17.1. The third-order valence-corrected chi connectivity index (χ3v) is 4.65. The smallest absolute Gasteiger partial charge is 0.127 e. The van der Waals surface area contributed by atoms with Crippen LogP contribution in [-0.4, -0.2) is 37.4 Å². The second-order valence-corrected chi connectivity index (χ2v) is 7.66. The van der Waals surface area contributed by atoms with E-state index in [0.717, 1.165) is 12.2 Å². The molecule has 0 spiro atoms. The van der Waals surface area contributed by atoms with E-state index < -0.39 is 0 Å². The topological polar surface area (TPSA) is 27.7 Å². The fourth-order valence-electron chi connectivity index (χ4n) is 2.47. The predicted octanol–water partition coefficient (Wildman–Crippen LogP) is 3.93. The monoisotopic (exact) mass is 356 g/mol. The Bertz CT molecular complexity index is 456. The standard InChI is InChI=1S/C17H25BrO3/c1-17(2,3)12-7-5-6-8-14(12)21-15-11-13(18)16(15)20-10-9-19-4/h5-8,13,15-16H,9-11H2,1-4H3. The number of methoxy groups -OCH3 is 1. The molecule has 118 valence electrons. The second-order valence-electron chi connectivity index (χ2n) is 6.48. The van der Waals surface area contributed by atoms with Crippen molar-refractivity contribution in [3.63, 3.8) is 0 Å². The third kappa shape index (κ3) is 4.21. The Kier molecular flexibility index (Phi) is 5.69. The Morgan fingerprint density at radius 2 is 1.90 bits per heavy atom. The molecule has 1 aliphatic carbocycles. The van der Waals surface area contributed by atoms with Crippen molar-refractivity contribution >= 4 is 15.9 Å². The van der Waals surface area contributed by atoms with E-state index in [1.165, 1.54) is 5.56 Å². The van der Waals surface area contributed by atoms with Gasteiger partial charge in [0.25, 0.3) is 0 Å². The highest BCUT2D eigenvalue weighted by Gasteiger charge is 2.42. The lowest BCUT2D eigenvalue weighted by molar-refractivity contribution is -0.0869. The highest BCUT2D eigenvalue weighted by molar-refractivity contribution is 9.09. The van der Waals surface area contributed by atoms with E-state index in [9.17, 15) is 0 Å². The number of rotatable bonds is 6. The van der Waals surface area contributed by atoms with Crippen LogP contribution in [0, 0.1) is 0 Å². The van der Waals surface area contributed by atoms with Crippen LogP contribution in [-0.2, 0) is 14.9 Å². The fourth-order valence-corrected chi connectivity index (χ4v) is 3.34. The van der Waals surface area contributed by atoms with E-state index in [1.54, 1.807) is 7.11 Å². The molecule has 0 aliphatic heterocycles. The molecule has 1 aromatic rings. The summed E-state index contributed by atoms with van der Waals surface area (Å²) in [6, 6.07) is 8.28. The maximum Gasteiger partial charge on any atom is 0.127 e. The molecule has 21 heavy (non-hydrogen) atoms. The van der Waals surface area contributed by atoms with Crippen molar-refractivity contribution in [3.8, 4) is 5.75 Å². The molecular formula is C17H25BrO3. The molecule has 2 rings (SSSR count). The fraction of sp³-hybridized carbons (Fsp3) is 0.647. The highest BCUT2D eigenvalue weighted by atomic mass is 79.9. The molecule has 0 saturated heterocycles. The van der Waals surface area contributed by atoms with Gasteiger partial charge in [-0.25, -0.2) is 0 Å². The van der Waals surface area contributed by atoms with Crippen molar-refractivity contribution in [2.24, 2.45) is 0 Å². The van der Waals surface area contributed by atoms with Crippen molar-refractivity contribution in [2.45, 2.75) is 49.6 Å². The zero-order valence-electron chi connectivity index (χ0n) is 13.3. The first kappa shape index (κ1) is 16.8. The number of hydrogen-bond acceptors (Lipinski definition) is 3. The van der Waals surface area contributed by atoms with E-state index in [0.29, 0.717) is 18.0 Å². The van der Waals surface area contributed by atoms with Gasteiger partial charge in [-0.2, -0.15) is 0 Å². The van der Waals surface area contributed by atoms with Crippen LogP contribution in [0.1, 0.15) is 32.8 Å². The van der Waals surface area contributed by atoms with Crippen LogP contribution >= 0.6 is 15.9 Å². The molecule has 0 aromatic heterocycles. The van der Waals surface area contributed by atoms with Crippen LogP contribution in [0.4, 0.5) is 0 Å². The summed E-state index contributed by atoms with van der Waals surface area (Å²) in [5.41, 5.74) is 1.30. The number of para-hydroxylation sites is 1. The van der Waals surface area contributed by atoms with Crippen molar-refractivity contribution < 1.29 is 14.2 Å². The molecule has 3 atom stereocenters. The lowest BCUT2D eigenvalue weighted by atomic mass is 9.86. The highest BCUT2D eigenvalue weighted by Crippen LogP contribution is 2.37. The van der Waals surface area contributed by atoms with E-state index >= 15 is 0 Å². The van der Waals surface area contributed by atoms with E-state index in [4.69, 9.17) is 14.2 Å². The molecule has 1 fully saturated rings. The van der Waals surface area contributed by atoms with Crippen LogP contribution in [0.15, 0.2) is 24.3 Å². The molecule has 0 heterocycles. The van der Waals surface area contributed by atoms with Crippen molar-refractivity contribution in [1.82, 2.24) is 0 Å². The first-order valence-electron chi connectivity index (χ1n) is 7.44. The maximum atomic E-state index is 6.23. The summed E-state index contributed by atoms with van der Waals surface area (Å²) in [6.07, 6.45) is 1.17. The zero-order chi connectivity index (χ0) is 15.5. The first-order chi connectivity index (χ1) is 9.93. The van der Waals surface area contributed by atoms with Gasteiger partial charge in [0, 0.05) is 18.4 Å². The van der Waals surface area contributed by atoms with Crippen LogP contribution in [0.3, 0.4) is 0 Å². The molecular weight excluding hydrogens is 332 g/mol. The van der Waals surface area contributed by atoms with E-state index in [-0.39, 0.29) is 17.6 Å². The van der Waals surface area contributed by atoms with Gasteiger partial charge in [0.1, 0.15) is 18.0 Å². The summed E-state index contributed by atoms with van der Waals surface area (Å²) in [5.74, 6) is 0.967. The minimum absolute atomic E-state index is 0.0700. The Labute approximate surface area is 136 Å². The summed E-state index contributed by atoms with van der Waals surface area (Å²) >= 11 is 3.64. The Morgan fingerprint density at radius 1 is 1.19 bits per heavy atom. The van der Waals surface area contributed by atoms with Gasteiger partial charge in [-0.15, -0.1) is 0 Å². The number of halogens is 1. The minimum Gasteiger partial charge on any atom is -0.487 e. The van der Waals surface area contributed by atoms with Gasteiger partial charge in [0.15, 0.2) is 0 Å². The molecule has 0 bridgehead atoms. The van der Waals surface area contributed by atoms with Gasteiger partial charge in [-0.3, -0.25) is 0 Å². The van der Waals surface area contributed by atoms with Gasteiger partial charge in [-0.05, 0) is 17.0 Å². The minimum atomic E-state index is 0.0700. The molecule has 4 heteroatoms. The summed E-state index contributed by atoms with van der Waals surface area (Å²) in [7, 11) is 1.68. The van der Waals surface area contributed by atoms with Gasteiger partial charge in [0.2, 0.25) is 0 Å². The van der Waals surface area contributed by atoms with Gasteiger partial charge in [0.05, 0.1) is 13.2 Å². The summed E-state index contributed by atoms with van der Waals surface area (Å²) in [4.78, 5) is 0.362. The average Bonchev–Trinajstić information content (AvgIpc) is 2.42. The molecule has 0 amide bonds. The molecule has 1 aliphatic rings. The third-order valence-electron chi connectivity index (χ3n) is 3.75. The molecule has 1 saturated carbocycles. The summed E-state index contributed by atoms with van der Waals surface area (Å²) in [6.45, 7) is 7.83. The molecule has 3 unspecified atom stereocenters. The lowest BCUT2D eigenvalue weighted by Crippen LogP contribution is -2.52. The Balaban J connectivity index is 2.02. The number of benzene rings is 1.